The van der Waals surface area contributed by atoms with Gasteiger partial charge in [0.2, 0.25) is 0 Å². The number of hydrogen-bond acceptors (Lipinski definition) is 3. The zero-order chi connectivity index (χ0) is 12.3. The Morgan fingerprint density at radius 2 is 2.12 bits per heavy atom. The molecule has 1 aliphatic heterocycles. The highest BCUT2D eigenvalue weighted by atomic mass is 32.2. The summed E-state index contributed by atoms with van der Waals surface area (Å²) in [7, 11) is -1.81. The summed E-state index contributed by atoms with van der Waals surface area (Å²) in [6.07, 6.45) is 1.57. The molecule has 1 heterocycles. The lowest BCUT2D eigenvalue weighted by Crippen LogP contribution is -2.48. The lowest BCUT2D eigenvalue weighted by Gasteiger charge is -2.33. The van der Waals surface area contributed by atoms with E-state index in [1.165, 1.54) is 8.61 Å². The zero-order valence-corrected chi connectivity index (χ0v) is 10.9. The van der Waals surface area contributed by atoms with E-state index >= 15 is 0 Å². The van der Waals surface area contributed by atoms with E-state index < -0.39 is 10.2 Å². The van der Waals surface area contributed by atoms with E-state index in [0.29, 0.717) is 13.1 Å². The molecule has 1 aliphatic rings. The minimum absolute atomic E-state index is 0.0625. The number of nitrogens with zero attached hydrogens (tertiary/aromatic N) is 3. The maximum atomic E-state index is 12.1. The fourth-order valence-corrected chi connectivity index (χ4v) is 3.33. The maximum absolute atomic E-state index is 12.1. The van der Waals surface area contributed by atoms with Gasteiger partial charge >= 0.3 is 0 Å². The number of hydrogen-bond donors (Lipinski definition) is 0. The Balaban J connectivity index is 2.80. The third kappa shape index (κ3) is 2.73. The Hall–Kier alpha value is -0.640. The van der Waals surface area contributed by atoms with Gasteiger partial charge in [-0.25, -0.2) is 0 Å². The molecule has 0 aliphatic carbocycles. The largest absolute Gasteiger partial charge is 0.281 e. The highest BCUT2D eigenvalue weighted by Crippen LogP contribution is 2.20. The third-order valence-electron chi connectivity index (χ3n) is 2.98. The van der Waals surface area contributed by atoms with Crippen molar-refractivity contribution in [3.05, 3.63) is 0 Å². The first-order chi connectivity index (χ1) is 7.39. The maximum Gasteiger partial charge on any atom is 0.281 e. The standard InChI is InChI=1S/C10H19N3O2S/c1-9(2)12(3)16(14,15)13-6-4-5-10(7-11)8-13/h9-10H,4-6,8H2,1-3H3. The van der Waals surface area contributed by atoms with E-state index in [-0.39, 0.29) is 12.0 Å². The van der Waals surface area contributed by atoms with Crippen molar-refractivity contribution in [1.82, 2.24) is 8.61 Å². The van der Waals surface area contributed by atoms with Gasteiger partial charge in [0.05, 0.1) is 12.0 Å². The Morgan fingerprint density at radius 1 is 1.50 bits per heavy atom. The number of piperidine rings is 1. The van der Waals surface area contributed by atoms with E-state index in [1.807, 2.05) is 13.8 Å². The molecule has 16 heavy (non-hydrogen) atoms. The summed E-state index contributed by atoms with van der Waals surface area (Å²) in [6.45, 7) is 4.53. The van der Waals surface area contributed by atoms with Crippen molar-refractivity contribution in [3.63, 3.8) is 0 Å². The summed E-state index contributed by atoms with van der Waals surface area (Å²) >= 11 is 0. The van der Waals surface area contributed by atoms with Crippen LogP contribution in [0.5, 0.6) is 0 Å². The molecule has 1 saturated heterocycles. The van der Waals surface area contributed by atoms with E-state index in [9.17, 15) is 8.42 Å². The van der Waals surface area contributed by atoms with Crippen LogP contribution in [0.4, 0.5) is 0 Å². The van der Waals surface area contributed by atoms with Crippen molar-refractivity contribution < 1.29 is 8.42 Å². The first kappa shape index (κ1) is 13.4. The van der Waals surface area contributed by atoms with Crippen molar-refractivity contribution in [2.24, 2.45) is 5.92 Å². The fraction of sp³-hybridized carbons (Fsp3) is 0.900. The monoisotopic (exact) mass is 245 g/mol. The molecule has 0 radical (unpaired) electrons. The van der Waals surface area contributed by atoms with Crippen molar-refractivity contribution >= 4 is 10.2 Å². The van der Waals surface area contributed by atoms with Crippen LogP contribution in [-0.2, 0) is 10.2 Å². The van der Waals surface area contributed by atoms with Gasteiger partial charge < -0.3 is 0 Å². The molecule has 0 aromatic carbocycles. The molecule has 1 atom stereocenters. The topological polar surface area (TPSA) is 64.4 Å². The first-order valence-corrected chi connectivity index (χ1v) is 6.92. The Bertz CT molecular complexity index is 372. The highest BCUT2D eigenvalue weighted by Gasteiger charge is 2.32. The molecule has 0 saturated carbocycles. The summed E-state index contributed by atoms with van der Waals surface area (Å²) in [4.78, 5) is 0. The molecular weight excluding hydrogens is 226 g/mol. The van der Waals surface area contributed by atoms with Gasteiger partial charge in [0.1, 0.15) is 0 Å². The molecule has 6 heteroatoms. The molecule has 0 aromatic heterocycles. The molecule has 1 rings (SSSR count). The normalized spacial score (nSPS) is 23.6. The van der Waals surface area contributed by atoms with Crippen LogP contribution in [0.25, 0.3) is 0 Å². The zero-order valence-electron chi connectivity index (χ0n) is 10.0. The van der Waals surface area contributed by atoms with Crippen molar-refractivity contribution in [2.75, 3.05) is 20.1 Å². The van der Waals surface area contributed by atoms with Crippen LogP contribution < -0.4 is 0 Å². The van der Waals surface area contributed by atoms with Gasteiger partial charge in [-0.2, -0.15) is 22.3 Å². The summed E-state index contributed by atoms with van der Waals surface area (Å²) < 4.78 is 27.0. The van der Waals surface area contributed by atoms with E-state index in [4.69, 9.17) is 5.26 Å². The second-order valence-electron chi connectivity index (χ2n) is 4.44. The second kappa shape index (κ2) is 5.13. The number of rotatable bonds is 3. The molecule has 1 unspecified atom stereocenters. The lowest BCUT2D eigenvalue weighted by molar-refractivity contribution is 0.274. The van der Waals surface area contributed by atoms with Gasteiger partial charge in [-0.05, 0) is 26.7 Å². The molecule has 0 spiro atoms. The van der Waals surface area contributed by atoms with Gasteiger partial charge in [0.25, 0.3) is 10.2 Å². The third-order valence-corrected chi connectivity index (χ3v) is 5.12. The predicted octanol–water partition coefficient (Wildman–Crippen LogP) is 0.807. The highest BCUT2D eigenvalue weighted by molar-refractivity contribution is 7.86. The van der Waals surface area contributed by atoms with Crippen LogP contribution >= 0.6 is 0 Å². The summed E-state index contributed by atoms with van der Waals surface area (Å²) in [5, 5.41) is 8.84. The van der Waals surface area contributed by atoms with Crippen LogP contribution in [0.3, 0.4) is 0 Å². The minimum atomic E-state index is -3.39. The van der Waals surface area contributed by atoms with Crippen molar-refractivity contribution in [3.8, 4) is 6.07 Å². The SMILES string of the molecule is CC(C)N(C)S(=O)(=O)N1CCCC(C#N)C1. The van der Waals surface area contributed by atoms with E-state index in [1.54, 1.807) is 7.05 Å². The average Bonchev–Trinajstić information content (AvgIpc) is 2.27. The van der Waals surface area contributed by atoms with Crippen LogP contribution in [0.2, 0.25) is 0 Å². The van der Waals surface area contributed by atoms with Crippen LogP contribution in [0.1, 0.15) is 26.7 Å². The second-order valence-corrected chi connectivity index (χ2v) is 6.43. The molecule has 5 nitrogen and oxygen atoms in total. The van der Waals surface area contributed by atoms with Crippen LogP contribution in [0, 0.1) is 17.2 Å². The minimum Gasteiger partial charge on any atom is -0.198 e. The summed E-state index contributed by atoms with van der Waals surface area (Å²) in [5.41, 5.74) is 0. The first-order valence-electron chi connectivity index (χ1n) is 5.52. The van der Waals surface area contributed by atoms with Crippen LogP contribution in [-0.4, -0.2) is 43.2 Å². The smallest absolute Gasteiger partial charge is 0.198 e. The van der Waals surface area contributed by atoms with Crippen molar-refractivity contribution in [2.45, 2.75) is 32.7 Å². The van der Waals surface area contributed by atoms with Crippen LogP contribution in [0.15, 0.2) is 0 Å². The molecule has 0 N–H and O–H groups in total. The lowest BCUT2D eigenvalue weighted by atomic mass is 10.0. The molecule has 92 valence electrons. The van der Waals surface area contributed by atoms with Gasteiger partial charge in [-0.1, -0.05) is 0 Å². The van der Waals surface area contributed by atoms with Crippen molar-refractivity contribution in [1.29, 1.82) is 5.26 Å². The Labute approximate surface area is 97.8 Å². The molecule has 0 bridgehead atoms. The molecule has 0 aromatic rings. The Kier molecular flexibility index (Phi) is 4.30. The van der Waals surface area contributed by atoms with E-state index in [0.717, 1.165) is 12.8 Å². The molecule has 0 amide bonds. The predicted molar refractivity (Wildman–Crippen MR) is 61.7 cm³/mol. The van der Waals surface area contributed by atoms with Gasteiger partial charge in [-0.3, -0.25) is 0 Å². The fourth-order valence-electron chi connectivity index (χ4n) is 1.71. The van der Waals surface area contributed by atoms with Gasteiger partial charge in [0.15, 0.2) is 0 Å². The van der Waals surface area contributed by atoms with Gasteiger partial charge in [-0.15, -0.1) is 0 Å². The summed E-state index contributed by atoms with van der Waals surface area (Å²) in [5.74, 6) is -0.163. The average molecular weight is 245 g/mol. The molecular formula is C10H19N3O2S. The van der Waals surface area contributed by atoms with Gasteiger partial charge in [0, 0.05) is 26.2 Å². The Morgan fingerprint density at radius 3 is 2.62 bits per heavy atom. The van der Waals surface area contributed by atoms with E-state index in [2.05, 4.69) is 6.07 Å². The summed E-state index contributed by atoms with van der Waals surface area (Å²) in [6, 6.07) is 2.09. The number of nitriles is 1. The molecule has 1 fully saturated rings. The quantitative estimate of drug-likeness (QED) is 0.739.